The van der Waals surface area contributed by atoms with E-state index in [0.29, 0.717) is 11.4 Å². The molecule has 0 aliphatic carbocycles. The normalized spacial score (nSPS) is 10.9. The number of nitrogens with zero attached hydrogens (tertiary/aromatic N) is 2. The number of Topliss-reactive ketones (excluding diaryl/α,β-unsaturated/α-hetero) is 1. The van der Waals surface area contributed by atoms with Crippen LogP contribution in [0.3, 0.4) is 0 Å². The lowest BCUT2D eigenvalue weighted by Crippen LogP contribution is -2.11. The molecule has 1 heterocycles. The Balaban J connectivity index is 2.36. The minimum absolute atomic E-state index is 0.0929. The maximum atomic E-state index is 12.6. The quantitative estimate of drug-likeness (QED) is 0.777. The first-order valence-electron chi connectivity index (χ1n) is 7.33. The van der Waals surface area contributed by atoms with Crippen LogP contribution >= 0.6 is 11.6 Å². The van der Waals surface area contributed by atoms with Crippen molar-refractivity contribution in [2.45, 2.75) is 47.1 Å². The van der Waals surface area contributed by atoms with Crippen molar-refractivity contribution in [3.05, 3.63) is 51.3 Å². The maximum absolute atomic E-state index is 12.6. The van der Waals surface area contributed by atoms with Crippen molar-refractivity contribution in [2.75, 3.05) is 0 Å². The molecule has 3 nitrogen and oxygen atoms in total. The number of rotatable bonds is 5. The first-order chi connectivity index (χ1) is 9.99. The molecule has 0 saturated carbocycles. The van der Waals surface area contributed by atoms with Crippen molar-refractivity contribution < 1.29 is 4.79 Å². The summed E-state index contributed by atoms with van der Waals surface area (Å²) in [6.07, 6.45) is 1.07. The average molecular weight is 305 g/mol. The van der Waals surface area contributed by atoms with Crippen LogP contribution in [0.5, 0.6) is 0 Å². The number of benzene rings is 1. The summed E-state index contributed by atoms with van der Waals surface area (Å²) in [5.41, 5.74) is 4.62. The van der Waals surface area contributed by atoms with Gasteiger partial charge in [-0.1, -0.05) is 36.7 Å². The summed E-state index contributed by atoms with van der Waals surface area (Å²) in [4.78, 5) is 12.6. The van der Waals surface area contributed by atoms with E-state index in [1.165, 1.54) is 0 Å². The fourth-order valence-electron chi connectivity index (χ4n) is 2.49. The number of ketones is 1. The lowest BCUT2D eigenvalue weighted by Gasteiger charge is -2.09. The van der Waals surface area contributed by atoms with Crippen LogP contribution in [0.25, 0.3) is 0 Å². The van der Waals surface area contributed by atoms with Crippen molar-refractivity contribution in [1.29, 1.82) is 0 Å². The summed E-state index contributed by atoms with van der Waals surface area (Å²) >= 11 is 6.38. The molecule has 4 heteroatoms. The largest absolute Gasteiger partial charge is 0.294 e. The van der Waals surface area contributed by atoms with Crippen molar-refractivity contribution in [3.8, 4) is 0 Å². The molecule has 0 aliphatic rings. The molecule has 0 spiro atoms. The van der Waals surface area contributed by atoms with Gasteiger partial charge < -0.3 is 0 Å². The highest BCUT2D eigenvalue weighted by Gasteiger charge is 2.19. The highest BCUT2D eigenvalue weighted by atomic mass is 35.5. The molecule has 0 amide bonds. The second-order valence-corrected chi connectivity index (χ2v) is 5.60. The van der Waals surface area contributed by atoms with Gasteiger partial charge in [0.25, 0.3) is 0 Å². The third-order valence-electron chi connectivity index (χ3n) is 3.93. The van der Waals surface area contributed by atoms with E-state index in [0.717, 1.165) is 41.0 Å². The summed E-state index contributed by atoms with van der Waals surface area (Å²) in [5.74, 6) is 0.0929. The molecule has 0 aliphatic heterocycles. The Morgan fingerprint density at radius 1 is 1.29 bits per heavy atom. The number of halogens is 1. The van der Waals surface area contributed by atoms with E-state index in [4.69, 9.17) is 11.6 Å². The summed E-state index contributed by atoms with van der Waals surface area (Å²) < 4.78 is 1.84. The Hall–Kier alpha value is -1.61. The molecule has 0 saturated heterocycles. The zero-order valence-corrected chi connectivity index (χ0v) is 13.8. The highest BCUT2D eigenvalue weighted by molar-refractivity contribution is 6.32. The molecule has 1 aromatic heterocycles. The summed E-state index contributed by atoms with van der Waals surface area (Å²) in [5, 5.41) is 5.10. The van der Waals surface area contributed by atoms with Gasteiger partial charge in [-0.25, -0.2) is 0 Å². The molecule has 2 rings (SSSR count). The van der Waals surface area contributed by atoms with Gasteiger partial charge in [-0.15, -0.1) is 0 Å². The Bertz CT molecular complexity index is 674. The van der Waals surface area contributed by atoms with Crippen LogP contribution in [0.1, 0.15) is 46.7 Å². The Labute approximate surface area is 130 Å². The number of carbonyl (C=O) groups is 1. The first kappa shape index (κ1) is 15.8. The van der Waals surface area contributed by atoms with E-state index in [-0.39, 0.29) is 5.78 Å². The Kier molecular flexibility index (Phi) is 4.84. The van der Waals surface area contributed by atoms with Gasteiger partial charge in [0, 0.05) is 12.1 Å². The predicted octanol–water partition coefficient (Wildman–Crippen LogP) is 4.16. The van der Waals surface area contributed by atoms with Crippen molar-refractivity contribution in [2.24, 2.45) is 0 Å². The second-order valence-electron chi connectivity index (χ2n) is 5.22. The van der Waals surface area contributed by atoms with Crippen LogP contribution in [0.2, 0.25) is 5.02 Å². The van der Waals surface area contributed by atoms with E-state index in [2.05, 4.69) is 5.10 Å². The zero-order valence-electron chi connectivity index (χ0n) is 13.0. The van der Waals surface area contributed by atoms with Gasteiger partial charge in [0.15, 0.2) is 5.78 Å². The zero-order chi connectivity index (χ0) is 15.6. The number of hydrogen-bond acceptors (Lipinski definition) is 2. The van der Waals surface area contributed by atoms with Gasteiger partial charge in [0.05, 0.1) is 22.8 Å². The number of hydrogen-bond donors (Lipinski definition) is 0. The van der Waals surface area contributed by atoms with Gasteiger partial charge in [-0.2, -0.15) is 5.10 Å². The van der Waals surface area contributed by atoms with E-state index >= 15 is 0 Å². The molecule has 112 valence electrons. The van der Waals surface area contributed by atoms with Gasteiger partial charge in [-0.3, -0.25) is 9.48 Å². The molecule has 21 heavy (non-hydrogen) atoms. The summed E-state index contributed by atoms with van der Waals surface area (Å²) in [7, 11) is 0. The van der Waals surface area contributed by atoms with Crippen LogP contribution in [-0.2, 0) is 19.4 Å². The first-order valence-corrected chi connectivity index (χ1v) is 7.70. The maximum Gasteiger partial charge on any atom is 0.169 e. The van der Waals surface area contributed by atoms with Gasteiger partial charge in [0.1, 0.15) is 0 Å². The van der Waals surface area contributed by atoms with Crippen molar-refractivity contribution in [1.82, 2.24) is 9.78 Å². The molecule has 2 aromatic rings. The highest BCUT2D eigenvalue weighted by Crippen LogP contribution is 2.24. The summed E-state index contributed by atoms with van der Waals surface area (Å²) in [6.45, 7) is 8.75. The monoisotopic (exact) mass is 304 g/mol. The smallest absolute Gasteiger partial charge is 0.169 e. The number of carbonyl (C=O) groups excluding carboxylic acids is 1. The predicted molar refractivity (Wildman–Crippen MR) is 86.2 cm³/mol. The number of aryl methyl sites for hydroxylation is 3. The lowest BCUT2D eigenvalue weighted by molar-refractivity contribution is 0.0990. The molecular formula is C17H21ClN2O. The fourth-order valence-corrected chi connectivity index (χ4v) is 2.82. The Morgan fingerprint density at radius 3 is 2.62 bits per heavy atom. The lowest BCUT2D eigenvalue weighted by atomic mass is 9.98. The molecule has 0 fully saturated rings. The van der Waals surface area contributed by atoms with E-state index in [1.54, 1.807) is 0 Å². The molecular weight excluding hydrogens is 284 g/mol. The molecule has 0 radical (unpaired) electrons. The molecule has 0 unspecified atom stereocenters. The van der Waals surface area contributed by atoms with Crippen LogP contribution in [-0.4, -0.2) is 15.6 Å². The van der Waals surface area contributed by atoms with Gasteiger partial charge >= 0.3 is 0 Å². The number of aromatic nitrogens is 2. The Morgan fingerprint density at radius 2 is 2.00 bits per heavy atom. The van der Waals surface area contributed by atoms with Crippen LogP contribution in [0.15, 0.2) is 18.2 Å². The topological polar surface area (TPSA) is 34.9 Å². The van der Waals surface area contributed by atoms with Gasteiger partial charge in [0.2, 0.25) is 0 Å². The van der Waals surface area contributed by atoms with Crippen molar-refractivity contribution >= 4 is 17.4 Å². The molecule has 0 N–H and O–H groups in total. The van der Waals surface area contributed by atoms with E-state index in [9.17, 15) is 4.79 Å². The minimum Gasteiger partial charge on any atom is -0.294 e. The van der Waals surface area contributed by atoms with Crippen LogP contribution < -0.4 is 0 Å². The SMILES string of the molecule is CCc1nn(CC)c(CC(=O)c2cccc(C)c2C)c1Cl. The average Bonchev–Trinajstić information content (AvgIpc) is 2.78. The standard InChI is InChI=1S/C17H21ClN2O/c1-5-14-17(18)15(20(6-2)19-14)10-16(21)13-9-7-8-11(3)12(13)4/h7-9H,5-6,10H2,1-4H3. The summed E-state index contributed by atoms with van der Waals surface area (Å²) in [6, 6.07) is 5.82. The van der Waals surface area contributed by atoms with Crippen LogP contribution in [0.4, 0.5) is 0 Å². The van der Waals surface area contributed by atoms with Crippen LogP contribution in [0, 0.1) is 13.8 Å². The third kappa shape index (κ3) is 3.03. The van der Waals surface area contributed by atoms with E-state index < -0.39 is 0 Å². The molecule has 1 aromatic carbocycles. The van der Waals surface area contributed by atoms with Gasteiger partial charge in [-0.05, 0) is 38.3 Å². The van der Waals surface area contributed by atoms with E-state index in [1.807, 2.05) is 50.6 Å². The molecule has 0 atom stereocenters. The second kappa shape index (κ2) is 6.44. The molecule has 0 bridgehead atoms. The van der Waals surface area contributed by atoms with Crippen molar-refractivity contribution in [3.63, 3.8) is 0 Å². The minimum atomic E-state index is 0.0929. The fraction of sp³-hybridized carbons (Fsp3) is 0.412. The third-order valence-corrected chi connectivity index (χ3v) is 4.36.